The van der Waals surface area contributed by atoms with Gasteiger partial charge in [0.05, 0.1) is 0 Å². The highest BCUT2D eigenvalue weighted by Gasteiger charge is 2.10. The molecule has 2 aromatic rings. The number of anilines is 1. The Kier molecular flexibility index (Phi) is 4.74. The highest BCUT2D eigenvalue weighted by atomic mass is 15.2. The summed E-state index contributed by atoms with van der Waals surface area (Å²) < 4.78 is 0. The summed E-state index contributed by atoms with van der Waals surface area (Å²) in [6.45, 7) is 5.62. The van der Waals surface area contributed by atoms with E-state index in [1.54, 1.807) is 0 Å². The van der Waals surface area contributed by atoms with Gasteiger partial charge in [-0.15, -0.1) is 0 Å². The predicted molar refractivity (Wildman–Crippen MR) is 84.8 cm³/mol. The SMILES string of the molecule is CCc1ccc(CN(C)c2nccc(C)c2CN)cc1. The van der Waals surface area contributed by atoms with Gasteiger partial charge in [0.2, 0.25) is 0 Å². The predicted octanol–water partition coefficient (Wildman–Crippen LogP) is 3.05. The first-order valence-electron chi connectivity index (χ1n) is 7.09. The quantitative estimate of drug-likeness (QED) is 0.907. The van der Waals surface area contributed by atoms with E-state index in [-0.39, 0.29) is 0 Å². The zero-order valence-corrected chi connectivity index (χ0v) is 12.6. The Bertz CT molecular complexity index is 561. The van der Waals surface area contributed by atoms with Crippen LogP contribution in [-0.4, -0.2) is 12.0 Å². The van der Waals surface area contributed by atoms with Crippen molar-refractivity contribution in [2.45, 2.75) is 33.4 Å². The van der Waals surface area contributed by atoms with Crippen LogP contribution in [0.2, 0.25) is 0 Å². The number of benzene rings is 1. The van der Waals surface area contributed by atoms with Gasteiger partial charge < -0.3 is 10.6 Å². The summed E-state index contributed by atoms with van der Waals surface area (Å²) in [6.07, 6.45) is 2.92. The molecule has 20 heavy (non-hydrogen) atoms. The first-order valence-corrected chi connectivity index (χ1v) is 7.09. The van der Waals surface area contributed by atoms with Crippen LogP contribution in [0.15, 0.2) is 36.5 Å². The zero-order valence-electron chi connectivity index (χ0n) is 12.6. The number of pyridine rings is 1. The maximum atomic E-state index is 5.85. The van der Waals surface area contributed by atoms with Gasteiger partial charge in [0.1, 0.15) is 5.82 Å². The number of nitrogens with two attached hydrogens (primary N) is 1. The van der Waals surface area contributed by atoms with Gasteiger partial charge in [-0.05, 0) is 36.1 Å². The van der Waals surface area contributed by atoms with Gasteiger partial charge in [-0.1, -0.05) is 31.2 Å². The average Bonchev–Trinajstić information content (AvgIpc) is 2.47. The molecule has 0 unspecified atom stereocenters. The molecule has 0 saturated carbocycles. The molecule has 0 bridgehead atoms. The summed E-state index contributed by atoms with van der Waals surface area (Å²) in [4.78, 5) is 6.65. The van der Waals surface area contributed by atoms with E-state index in [9.17, 15) is 0 Å². The van der Waals surface area contributed by atoms with E-state index in [4.69, 9.17) is 5.73 Å². The minimum atomic E-state index is 0.522. The maximum absolute atomic E-state index is 5.85. The molecule has 0 aliphatic rings. The standard InChI is InChI=1S/C17H23N3/c1-4-14-5-7-15(8-6-14)12-20(3)17-16(11-18)13(2)9-10-19-17/h5-10H,4,11-12,18H2,1-3H3. The second-order valence-electron chi connectivity index (χ2n) is 5.16. The van der Waals surface area contributed by atoms with Gasteiger partial charge in [-0.25, -0.2) is 4.98 Å². The molecular formula is C17H23N3. The fourth-order valence-corrected chi connectivity index (χ4v) is 2.38. The van der Waals surface area contributed by atoms with Crippen molar-refractivity contribution in [3.05, 3.63) is 58.8 Å². The molecule has 1 heterocycles. The summed E-state index contributed by atoms with van der Waals surface area (Å²) >= 11 is 0. The number of aromatic nitrogens is 1. The lowest BCUT2D eigenvalue weighted by Crippen LogP contribution is -2.21. The Morgan fingerprint density at radius 2 is 1.75 bits per heavy atom. The van der Waals surface area contributed by atoms with Gasteiger partial charge in [0.15, 0.2) is 0 Å². The Hall–Kier alpha value is -1.87. The van der Waals surface area contributed by atoms with Crippen LogP contribution < -0.4 is 10.6 Å². The minimum Gasteiger partial charge on any atom is -0.355 e. The van der Waals surface area contributed by atoms with Gasteiger partial charge >= 0.3 is 0 Å². The van der Waals surface area contributed by atoms with Crippen molar-refractivity contribution in [1.82, 2.24) is 4.98 Å². The van der Waals surface area contributed by atoms with E-state index in [0.717, 1.165) is 24.3 Å². The molecule has 0 atom stereocenters. The first kappa shape index (κ1) is 14.5. The Balaban J connectivity index is 2.19. The molecular weight excluding hydrogens is 246 g/mol. The third-order valence-electron chi connectivity index (χ3n) is 3.68. The van der Waals surface area contributed by atoms with Crippen LogP contribution in [-0.2, 0) is 19.5 Å². The summed E-state index contributed by atoms with van der Waals surface area (Å²) in [5.41, 5.74) is 10.8. The van der Waals surface area contributed by atoms with Crippen molar-refractivity contribution in [3.8, 4) is 0 Å². The molecule has 0 spiro atoms. The van der Waals surface area contributed by atoms with Gasteiger partial charge in [0.25, 0.3) is 0 Å². The second kappa shape index (κ2) is 6.53. The Labute approximate surface area is 121 Å². The highest BCUT2D eigenvalue weighted by molar-refractivity contribution is 5.50. The number of hydrogen-bond acceptors (Lipinski definition) is 3. The minimum absolute atomic E-state index is 0.522. The molecule has 0 aliphatic heterocycles. The zero-order chi connectivity index (χ0) is 14.5. The van der Waals surface area contributed by atoms with E-state index in [0.29, 0.717) is 6.54 Å². The van der Waals surface area contributed by atoms with E-state index in [2.05, 4.69) is 55.0 Å². The van der Waals surface area contributed by atoms with Crippen molar-refractivity contribution in [2.75, 3.05) is 11.9 Å². The normalized spacial score (nSPS) is 10.6. The van der Waals surface area contributed by atoms with Crippen LogP contribution in [0.1, 0.15) is 29.2 Å². The lowest BCUT2D eigenvalue weighted by Gasteiger charge is -2.22. The molecule has 2 N–H and O–H groups in total. The lowest BCUT2D eigenvalue weighted by molar-refractivity contribution is 0.870. The number of nitrogens with zero attached hydrogens (tertiary/aromatic N) is 2. The molecule has 2 rings (SSSR count). The Morgan fingerprint density at radius 3 is 2.35 bits per heavy atom. The molecule has 1 aromatic carbocycles. The van der Waals surface area contributed by atoms with Crippen molar-refractivity contribution >= 4 is 5.82 Å². The highest BCUT2D eigenvalue weighted by Crippen LogP contribution is 2.21. The third kappa shape index (κ3) is 3.17. The maximum Gasteiger partial charge on any atom is 0.133 e. The average molecular weight is 269 g/mol. The van der Waals surface area contributed by atoms with Gasteiger partial charge in [-0.2, -0.15) is 0 Å². The van der Waals surface area contributed by atoms with Crippen LogP contribution in [0.25, 0.3) is 0 Å². The molecule has 0 fully saturated rings. The Morgan fingerprint density at radius 1 is 1.10 bits per heavy atom. The monoisotopic (exact) mass is 269 g/mol. The molecule has 3 heteroatoms. The second-order valence-corrected chi connectivity index (χ2v) is 5.16. The molecule has 0 saturated heterocycles. The fourth-order valence-electron chi connectivity index (χ4n) is 2.38. The van der Waals surface area contributed by atoms with Crippen LogP contribution in [0.3, 0.4) is 0 Å². The molecule has 3 nitrogen and oxygen atoms in total. The van der Waals surface area contributed by atoms with Crippen molar-refractivity contribution in [3.63, 3.8) is 0 Å². The first-order chi connectivity index (χ1) is 9.65. The number of rotatable bonds is 5. The van der Waals surface area contributed by atoms with Crippen LogP contribution >= 0.6 is 0 Å². The third-order valence-corrected chi connectivity index (χ3v) is 3.68. The van der Waals surface area contributed by atoms with E-state index in [1.165, 1.54) is 16.7 Å². The van der Waals surface area contributed by atoms with E-state index < -0.39 is 0 Å². The summed E-state index contributed by atoms with van der Waals surface area (Å²) in [5.74, 6) is 0.979. The number of hydrogen-bond donors (Lipinski definition) is 1. The molecule has 0 aliphatic carbocycles. The molecule has 0 radical (unpaired) electrons. The fraction of sp³-hybridized carbons (Fsp3) is 0.353. The van der Waals surface area contributed by atoms with Crippen LogP contribution in [0, 0.1) is 6.92 Å². The molecule has 1 aromatic heterocycles. The summed E-state index contributed by atoms with van der Waals surface area (Å²) in [5, 5.41) is 0. The van der Waals surface area contributed by atoms with Crippen molar-refractivity contribution in [1.29, 1.82) is 0 Å². The summed E-state index contributed by atoms with van der Waals surface area (Å²) in [6, 6.07) is 10.8. The molecule has 0 amide bonds. The van der Waals surface area contributed by atoms with Crippen LogP contribution in [0.5, 0.6) is 0 Å². The van der Waals surface area contributed by atoms with E-state index in [1.807, 2.05) is 12.3 Å². The van der Waals surface area contributed by atoms with Gasteiger partial charge in [-0.3, -0.25) is 0 Å². The smallest absolute Gasteiger partial charge is 0.133 e. The largest absolute Gasteiger partial charge is 0.355 e. The summed E-state index contributed by atoms with van der Waals surface area (Å²) in [7, 11) is 2.06. The van der Waals surface area contributed by atoms with Crippen LogP contribution in [0.4, 0.5) is 5.82 Å². The van der Waals surface area contributed by atoms with Crippen molar-refractivity contribution in [2.24, 2.45) is 5.73 Å². The van der Waals surface area contributed by atoms with Crippen molar-refractivity contribution < 1.29 is 0 Å². The lowest BCUT2D eigenvalue weighted by atomic mass is 10.1. The van der Waals surface area contributed by atoms with E-state index >= 15 is 0 Å². The van der Waals surface area contributed by atoms with Gasteiger partial charge in [0, 0.05) is 31.9 Å². The molecule has 106 valence electrons. The topological polar surface area (TPSA) is 42.2 Å². The number of aryl methyl sites for hydroxylation is 2.